The maximum atomic E-state index is 12.6. The lowest BCUT2D eigenvalue weighted by Gasteiger charge is -2.35. The molecule has 1 aliphatic heterocycles. The number of hydrogen-bond acceptors (Lipinski definition) is 4. The maximum absolute atomic E-state index is 12.6. The van der Waals surface area contributed by atoms with Crippen LogP contribution in [-0.2, 0) is 9.53 Å². The van der Waals surface area contributed by atoms with Crippen LogP contribution in [-0.4, -0.2) is 41.6 Å². The molecule has 0 bridgehead atoms. The molecule has 5 nitrogen and oxygen atoms in total. The topological polar surface area (TPSA) is 65.4 Å². The summed E-state index contributed by atoms with van der Waals surface area (Å²) in [6.45, 7) is 15.6. The van der Waals surface area contributed by atoms with E-state index in [4.69, 9.17) is 4.74 Å². The average Bonchev–Trinajstić information content (AvgIpc) is 2.34. The number of hydrogen-bond donors (Lipinski definition) is 1. The van der Waals surface area contributed by atoms with Gasteiger partial charge in [0.1, 0.15) is 11.6 Å². The summed E-state index contributed by atoms with van der Waals surface area (Å²) in [5.41, 5.74) is 0.121. The van der Waals surface area contributed by atoms with E-state index in [1.807, 2.05) is 19.9 Å². The Kier molecular flexibility index (Phi) is 6.24. The molecule has 1 N–H and O–H groups in total. The van der Waals surface area contributed by atoms with Crippen molar-refractivity contribution >= 4 is 5.91 Å². The smallest absolute Gasteiger partial charge is 0.266 e. The highest BCUT2D eigenvalue weighted by atomic mass is 16.5. The number of carbonyl (C=O) groups is 1. The minimum Gasteiger partial charge on any atom is -0.385 e. The van der Waals surface area contributed by atoms with Crippen molar-refractivity contribution in [3.8, 4) is 6.07 Å². The molecule has 130 valence electrons. The molecule has 2 unspecified atom stereocenters. The van der Waals surface area contributed by atoms with Crippen molar-refractivity contribution in [2.24, 2.45) is 5.41 Å². The van der Waals surface area contributed by atoms with Crippen molar-refractivity contribution in [2.45, 2.75) is 72.6 Å². The zero-order valence-corrected chi connectivity index (χ0v) is 15.6. The number of rotatable bonds is 4. The first-order chi connectivity index (χ1) is 10.4. The van der Waals surface area contributed by atoms with Gasteiger partial charge in [-0.1, -0.05) is 20.8 Å². The molecule has 0 radical (unpaired) electrons. The van der Waals surface area contributed by atoms with Gasteiger partial charge in [0.25, 0.3) is 5.91 Å². The van der Waals surface area contributed by atoms with Crippen molar-refractivity contribution in [2.75, 3.05) is 13.1 Å². The zero-order valence-electron chi connectivity index (χ0n) is 15.6. The summed E-state index contributed by atoms with van der Waals surface area (Å²) in [6.07, 6.45) is 2.48. The minimum atomic E-state index is -0.228. The standard InChI is InChI=1S/C18H31N3O2/c1-13-10-21(11-14(2)23-13)16(22)15(8-19)9-20-18(6,7)12-17(3,4)5/h9,13-14,20H,10-12H2,1-7H3/b15-9-. The number of carbonyl (C=O) groups excluding carboxylic acids is 1. The third-order valence-electron chi connectivity index (χ3n) is 3.64. The molecule has 5 heteroatoms. The first-order valence-electron chi connectivity index (χ1n) is 8.26. The van der Waals surface area contributed by atoms with Gasteiger partial charge in [0.15, 0.2) is 0 Å². The maximum Gasteiger partial charge on any atom is 0.266 e. The van der Waals surface area contributed by atoms with Crippen LogP contribution in [0.1, 0.15) is 54.9 Å². The molecule has 0 aromatic heterocycles. The second-order valence-corrected chi connectivity index (χ2v) is 8.40. The molecule has 1 saturated heterocycles. The van der Waals surface area contributed by atoms with Gasteiger partial charge in [-0.25, -0.2) is 0 Å². The SMILES string of the molecule is CC1CN(C(=O)/C(C#N)=C\NC(C)(C)CC(C)(C)C)CC(C)O1. The number of morpholine rings is 1. The van der Waals surface area contributed by atoms with E-state index < -0.39 is 0 Å². The zero-order chi connectivity index (χ0) is 17.8. The van der Waals surface area contributed by atoms with Crippen LogP contribution in [0.3, 0.4) is 0 Å². The fourth-order valence-electron chi connectivity index (χ4n) is 3.30. The Morgan fingerprint density at radius 2 is 1.78 bits per heavy atom. The fourth-order valence-corrected chi connectivity index (χ4v) is 3.30. The van der Waals surface area contributed by atoms with Gasteiger partial charge in [0.2, 0.25) is 0 Å². The molecule has 1 amide bonds. The Morgan fingerprint density at radius 3 is 2.22 bits per heavy atom. The Bertz CT molecular complexity index is 487. The summed E-state index contributed by atoms with van der Waals surface area (Å²) in [4.78, 5) is 14.3. The highest BCUT2D eigenvalue weighted by molar-refractivity contribution is 5.97. The van der Waals surface area contributed by atoms with Crippen LogP contribution in [0.4, 0.5) is 0 Å². The molecule has 1 rings (SSSR count). The molecule has 0 aliphatic carbocycles. The predicted octanol–water partition coefficient (Wildman–Crippen LogP) is 2.83. The van der Waals surface area contributed by atoms with Crippen LogP contribution in [0, 0.1) is 16.7 Å². The van der Waals surface area contributed by atoms with E-state index in [-0.39, 0.29) is 34.6 Å². The summed E-state index contributed by atoms with van der Waals surface area (Å²) in [5.74, 6) is -0.228. The molecular weight excluding hydrogens is 290 g/mol. The van der Waals surface area contributed by atoms with Gasteiger partial charge in [-0.05, 0) is 39.5 Å². The fraction of sp³-hybridized carbons (Fsp3) is 0.778. The molecule has 0 aromatic carbocycles. The van der Waals surface area contributed by atoms with E-state index in [0.717, 1.165) is 6.42 Å². The highest BCUT2D eigenvalue weighted by Gasteiger charge is 2.29. The molecule has 1 aliphatic rings. The largest absolute Gasteiger partial charge is 0.385 e. The predicted molar refractivity (Wildman–Crippen MR) is 91.6 cm³/mol. The summed E-state index contributed by atoms with van der Waals surface area (Å²) >= 11 is 0. The summed E-state index contributed by atoms with van der Waals surface area (Å²) in [7, 11) is 0. The van der Waals surface area contributed by atoms with Crippen LogP contribution < -0.4 is 5.32 Å². The normalized spacial score (nSPS) is 23.4. The van der Waals surface area contributed by atoms with Gasteiger partial charge in [0.05, 0.1) is 12.2 Å². The van der Waals surface area contributed by atoms with E-state index in [1.165, 1.54) is 0 Å². The van der Waals surface area contributed by atoms with E-state index in [1.54, 1.807) is 11.1 Å². The molecule has 23 heavy (non-hydrogen) atoms. The highest BCUT2D eigenvalue weighted by Crippen LogP contribution is 2.26. The quantitative estimate of drug-likeness (QED) is 0.639. The van der Waals surface area contributed by atoms with Crippen molar-refractivity contribution in [1.82, 2.24) is 10.2 Å². The molecular formula is C18H31N3O2. The lowest BCUT2D eigenvalue weighted by atomic mass is 9.82. The van der Waals surface area contributed by atoms with Gasteiger partial charge in [-0.15, -0.1) is 0 Å². The first kappa shape index (κ1) is 19.5. The lowest BCUT2D eigenvalue weighted by Crippen LogP contribution is -2.49. The molecule has 0 saturated carbocycles. The summed E-state index contributed by atoms with van der Waals surface area (Å²) in [5, 5.41) is 12.6. The van der Waals surface area contributed by atoms with Crippen LogP contribution >= 0.6 is 0 Å². The van der Waals surface area contributed by atoms with Crippen LogP contribution in [0.15, 0.2) is 11.8 Å². The van der Waals surface area contributed by atoms with Gasteiger partial charge < -0.3 is 15.0 Å². The Labute approximate surface area is 140 Å². The van der Waals surface area contributed by atoms with E-state index in [0.29, 0.717) is 13.1 Å². The number of ether oxygens (including phenoxy) is 1. The summed E-state index contributed by atoms with van der Waals surface area (Å²) < 4.78 is 5.64. The molecule has 2 atom stereocenters. The number of amides is 1. The second kappa shape index (κ2) is 7.35. The Morgan fingerprint density at radius 1 is 1.26 bits per heavy atom. The van der Waals surface area contributed by atoms with Gasteiger partial charge in [-0.2, -0.15) is 5.26 Å². The number of nitrogens with one attached hydrogen (secondary N) is 1. The van der Waals surface area contributed by atoms with Gasteiger partial charge in [0, 0.05) is 24.8 Å². The van der Waals surface area contributed by atoms with E-state index in [2.05, 4.69) is 39.9 Å². The Hall–Kier alpha value is -1.54. The van der Waals surface area contributed by atoms with E-state index >= 15 is 0 Å². The second-order valence-electron chi connectivity index (χ2n) is 8.40. The number of nitrogens with zero attached hydrogens (tertiary/aromatic N) is 2. The van der Waals surface area contributed by atoms with Crippen molar-refractivity contribution in [1.29, 1.82) is 5.26 Å². The van der Waals surface area contributed by atoms with Gasteiger partial charge in [-0.3, -0.25) is 4.79 Å². The monoisotopic (exact) mass is 321 g/mol. The third-order valence-corrected chi connectivity index (χ3v) is 3.64. The molecule has 0 aromatic rings. The lowest BCUT2D eigenvalue weighted by molar-refractivity contribution is -0.138. The van der Waals surface area contributed by atoms with Gasteiger partial charge >= 0.3 is 0 Å². The van der Waals surface area contributed by atoms with Crippen molar-refractivity contribution < 1.29 is 9.53 Å². The summed E-state index contributed by atoms with van der Waals surface area (Å²) in [6, 6.07) is 2.03. The average molecular weight is 321 g/mol. The third kappa shape index (κ3) is 6.62. The molecule has 1 heterocycles. The van der Waals surface area contributed by atoms with Crippen LogP contribution in [0.25, 0.3) is 0 Å². The minimum absolute atomic E-state index is 0.00654. The van der Waals surface area contributed by atoms with Crippen LogP contribution in [0.5, 0.6) is 0 Å². The van der Waals surface area contributed by atoms with Crippen LogP contribution in [0.2, 0.25) is 0 Å². The first-order valence-corrected chi connectivity index (χ1v) is 8.26. The Balaban J connectivity index is 2.79. The number of nitriles is 1. The molecule has 0 spiro atoms. The molecule has 1 fully saturated rings. The van der Waals surface area contributed by atoms with Crippen molar-refractivity contribution in [3.05, 3.63) is 11.8 Å². The van der Waals surface area contributed by atoms with E-state index in [9.17, 15) is 10.1 Å². The van der Waals surface area contributed by atoms with Crippen molar-refractivity contribution in [3.63, 3.8) is 0 Å².